The summed E-state index contributed by atoms with van der Waals surface area (Å²) >= 11 is 0. The van der Waals surface area contributed by atoms with Crippen LogP contribution in [0.2, 0.25) is 0 Å². The predicted molar refractivity (Wildman–Crippen MR) is 99.9 cm³/mol. The Balaban J connectivity index is 1.85. The highest BCUT2D eigenvalue weighted by molar-refractivity contribution is 7.74. The van der Waals surface area contributed by atoms with Gasteiger partial charge in [0.1, 0.15) is 5.76 Å². The monoisotopic (exact) mass is 383 g/mol. The molecule has 0 saturated carbocycles. The fraction of sp³-hybridized carbons (Fsp3) is 0.200. The van der Waals surface area contributed by atoms with Crippen LogP contribution in [0.4, 0.5) is 0 Å². The third-order valence-corrected chi connectivity index (χ3v) is 7.48. The summed E-state index contributed by atoms with van der Waals surface area (Å²) in [5, 5.41) is 10.6. The van der Waals surface area contributed by atoms with E-state index in [0.29, 0.717) is 10.6 Å². The normalized spacial score (nSPS) is 21.7. The largest absolute Gasteiger partial charge is 0.476 e. The van der Waals surface area contributed by atoms with Crippen molar-refractivity contribution in [1.82, 2.24) is 4.90 Å². The summed E-state index contributed by atoms with van der Waals surface area (Å²) in [6.45, 7) is 1.80. The molecule has 2 atom stereocenters. The fourth-order valence-electron chi connectivity index (χ4n) is 3.62. The summed E-state index contributed by atoms with van der Waals surface area (Å²) in [6.07, 6.45) is 0.270. The smallest absolute Gasteiger partial charge is 0.356 e. The molecule has 2 aliphatic heterocycles. The third kappa shape index (κ3) is 2.68. The second-order valence-corrected chi connectivity index (χ2v) is 8.97. The first-order valence-corrected chi connectivity index (χ1v) is 10.3. The van der Waals surface area contributed by atoms with Gasteiger partial charge in [-0.25, -0.2) is 4.79 Å². The molecule has 7 heteroatoms. The van der Waals surface area contributed by atoms with E-state index < -0.39 is 13.3 Å². The van der Waals surface area contributed by atoms with Gasteiger partial charge in [0.15, 0.2) is 5.70 Å². The quantitative estimate of drug-likeness (QED) is 0.634. The summed E-state index contributed by atoms with van der Waals surface area (Å²) in [7, 11) is -3.59. The Labute approximate surface area is 156 Å². The molecular weight excluding hydrogens is 365 g/mol. The van der Waals surface area contributed by atoms with E-state index in [9.17, 15) is 19.3 Å². The van der Waals surface area contributed by atoms with Crippen molar-refractivity contribution in [2.24, 2.45) is 5.92 Å². The average molecular weight is 383 g/mol. The van der Waals surface area contributed by atoms with Gasteiger partial charge in [0.05, 0.1) is 16.7 Å². The van der Waals surface area contributed by atoms with Crippen LogP contribution in [-0.4, -0.2) is 27.9 Å². The van der Waals surface area contributed by atoms with Crippen molar-refractivity contribution in [3.05, 3.63) is 72.1 Å². The van der Waals surface area contributed by atoms with E-state index >= 15 is 0 Å². The first-order chi connectivity index (χ1) is 12.9. The molecular formula is C20H18NO5P. The molecule has 0 bridgehead atoms. The van der Waals surface area contributed by atoms with Crippen molar-refractivity contribution in [3.8, 4) is 0 Å². The molecule has 0 radical (unpaired) electrons. The maximum Gasteiger partial charge on any atom is 0.356 e. The number of carboxylic acid groups (broad SMARTS) is 1. The van der Waals surface area contributed by atoms with E-state index in [-0.39, 0.29) is 35.7 Å². The van der Waals surface area contributed by atoms with E-state index in [1.54, 1.807) is 55.5 Å². The number of β-lactam (4-membered cyclic amide) rings is 1. The Morgan fingerprint density at radius 3 is 2.04 bits per heavy atom. The fourth-order valence-corrected chi connectivity index (χ4v) is 5.79. The first kappa shape index (κ1) is 17.6. The maximum absolute atomic E-state index is 14.0. The van der Waals surface area contributed by atoms with Gasteiger partial charge in [-0.3, -0.25) is 14.3 Å². The Morgan fingerprint density at radius 2 is 1.59 bits per heavy atom. The molecule has 6 nitrogen and oxygen atoms in total. The summed E-state index contributed by atoms with van der Waals surface area (Å²) < 4.78 is 20.1. The molecule has 1 N–H and O–H groups in total. The summed E-state index contributed by atoms with van der Waals surface area (Å²) in [6, 6.07) is 17.2. The number of amides is 1. The van der Waals surface area contributed by atoms with Crippen LogP contribution in [0, 0.1) is 5.92 Å². The van der Waals surface area contributed by atoms with Gasteiger partial charge in [-0.1, -0.05) is 43.3 Å². The highest BCUT2D eigenvalue weighted by Crippen LogP contribution is 2.53. The van der Waals surface area contributed by atoms with Gasteiger partial charge < -0.3 is 9.63 Å². The number of rotatable bonds is 5. The van der Waals surface area contributed by atoms with Gasteiger partial charge in [0, 0.05) is 12.3 Å². The molecule has 1 fully saturated rings. The number of carbonyl (C=O) groups excluding carboxylic acids is 1. The zero-order valence-electron chi connectivity index (χ0n) is 14.6. The maximum atomic E-state index is 14.0. The molecule has 1 saturated heterocycles. The van der Waals surface area contributed by atoms with Crippen LogP contribution in [0.3, 0.4) is 0 Å². The number of fused-ring (bicyclic) bond motifs is 1. The summed E-state index contributed by atoms with van der Waals surface area (Å²) in [4.78, 5) is 25.0. The first-order valence-electron chi connectivity index (χ1n) is 8.64. The number of aliphatic carboxylic acids is 1. The molecule has 2 aromatic rings. The van der Waals surface area contributed by atoms with Crippen LogP contribution in [0.1, 0.15) is 13.3 Å². The van der Waals surface area contributed by atoms with Gasteiger partial charge in [-0.2, -0.15) is 0 Å². The van der Waals surface area contributed by atoms with Crippen LogP contribution in [0.15, 0.2) is 72.1 Å². The zero-order valence-corrected chi connectivity index (χ0v) is 15.5. The molecule has 0 aromatic heterocycles. The van der Waals surface area contributed by atoms with Crippen molar-refractivity contribution in [2.75, 3.05) is 0 Å². The lowest BCUT2D eigenvalue weighted by Crippen LogP contribution is -2.51. The Kier molecular flexibility index (Phi) is 4.16. The van der Waals surface area contributed by atoms with E-state index in [0.717, 1.165) is 0 Å². The third-order valence-electron chi connectivity index (χ3n) is 5.07. The van der Waals surface area contributed by atoms with E-state index in [4.69, 9.17) is 4.52 Å². The van der Waals surface area contributed by atoms with Crippen molar-refractivity contribution >= 4 is 29.9 Å². The highest BCUT2D eigenvalue weighted by atomic mass is 31.2. The van der Waals surface area contributed by atoms with Gasteiger partial charge in [-0.15, -0.1) is 0 Å². The average Bonchev–Trinajstić information content (AvgIpc) is 2.90. The number of carbonyl (C=O) groups is 2. The molecule has 0 aliphatic carbocycles. The van der Waals surface area contributed by atoms with Crippen LogP contribution in [0.25, 0.3) is 0 Å². The lowest BCUT2D eigenvalue weighted by molar-refractivity contribution is -0.148. The number of hydrogen-bond donors (Lipinski definition) is 1. The van der Waals surface area contributed by atoms with Crippen molar-refractivity contribution in [3.63, 3.8) is 0 Å². The minimum atomic E-state index is -3.59. The molecule has 0 spiro atoms. The van der Waals surface area contributed by atoms with Crippen molar-refractivity contribution in [1.29, 1.82) is 0 Å². The van der Waals surface area contributed by atoms with E-state index in [1.807, 2.05) is 12.1 Å². The van der Waals surface area contributed by atoms with Gasteiger partial charge in [-0.05, 0) is 24.3 Å². The Hall–Kier alpha value is -2.85. The number of nitrogens with zero attached hydrogens (tertiary/aromatic N) is 1. The number of hydrogen-bond acceptors (Lipinski definition) is 4. The molecule has 2 aliphatic rings. The topological polar surface area (TPSA) is 83.9 Å². The Morgan fingerprint density at radius 1 is 1.07 bits per heavy atom. The predicted octanol–water partition coefficient (Wildman–Crippen LogP) is 2.48. The van der Waals surface area contributed by atoms with Crippen molar-refractivity contribution in [2.45, 2.75) is 19.4 Å². The molecule has 2 unspecified atom stereocenters. The standard InChI is InChI=1S/C20H18NO5P/c1-13-16-12-17(22)21(16)18(20(23)24)19(13)26-27(25,14-8-4-2-5-9-14)15-10-6-3-7-11-15/h2-11,13,16H,12H2,1H3,(H,23,24). The van der Waals surface area contributed by atoms with E-state index in [2.05, 4.69) is 0 Å². The van der Waals surface area contributed by atoms with Crippen LogP contribution >= 0.6 is 7.37 Å². The molecule has 2 heterocycles. The molecule has 27 heavy (non-hydrogen) atoms. The van der Waals surface area contributed by atoms with Crippen LogP contribution in [0.5, 0.6) is 0 Å². The van der Waals surface area contributed by atoms with Gasteiger partial charge in [0.25, 0.3) is 0 Å². The van der Waals surface area contributed by atoms with Gasteiger partial charge in [0.2, 0.25) is 5.91 Å². The molecule has 2 aromatic carbocycles. The lowest BCUT2D eigenvalue weighted by atomic mass is 9.93. The summed E-state index contributed by atoms with van der Waals surface area (Å²) in [5.74, 6) is -1.74. The molecule has 4 rings (SSSR count). The number of carboxylic acids is 1. The zero-order chi connectivity index (χ0) is 19.2. The molecule has 138 valence electrons. The second-order valence-electron chi connectivity index (χ2n) is 6.66. The lowest BCUT2D eigenvalue weighted by Gasteiger charge is -2.36. The summed E-state index contributed by atoms with van der Waals surface area (Å²) in [5.41, 5.74) is -0.198. The SMILES string of the molecule is CC1C(OP(=O)(c2ccccc2)c2ccccc2)=C(C(=O)O)N2C(=O)CC12. The van der Waals surface area contributed by atoms with E-state index in [1.165, 1.54) is 4.90 Å². The van der Waals surface area contributed by atoms with Crippen molar-refractivity contribution < 1.29 is 23.8 Å². The minimum absolute atomic E-state index is 0.106. The van der Waals surface area contributed by atoms with Gasteiger partial charge >= 0.3 is 13.3 Å². The molecule has 1 amide bonds. The van der Waals surface area contributed by atoms with Crippen LogP contribution in [-0.2, 0) is 18.7 Å². The Bertz CT molecular complexity index is 942. The number of benzene rings is 2. The van der Waals surface area contributed by atoms with Crippen LogP contribution < -0.4 is 10.6 Å². The second kappa shape index (κ2) is 6.39. The minimum Gasteiger partial charge on any atom is -0.476 e. The highest BCUT2D eigenvalue weighted by Gasteiger charge is 2.54.